The lowest BCUT2D eigenvalue weighted by Gasteiger charge is -2.36. The molecule has 1 rings (SSSR count). The highest BCUT2D eigenvalue weighted by Crippen LogP contribution is 2.14. The molecule has 1 atom stereocenters. The van der Waals surface area contributed by atoms with Crippen molar-refractivity contribution in [1.29, 1.82) is 0 Å². The van der Waals surface area contributed by atoms with E-state index in [0.717, 1.165) is 12.6 Å². The summed E-state index contributed by atoms with van der Waals surface area (Å²) in [5, 5.41) is 3.40. The number of hydrogen-bond acceptors (Lipinski definition) is 2. The Labute approximate surface area is 82.0 Å². The summed E-state index contributed by atoms with van der Waals surface area (Å²) in [6.07, 6.45) is 4.61. The van der Waals surface area contributed by atoms with Crippen LogP contribution >= 0.6 is 0 Å². The molecular weight excluding hydrogens is 160 g/mol. The molecular formula is C11H22N2. The fraction of sp³-hybridized carbons (Fsp3) is 0.818. The summed E-state index contributed by atoms with van der Waals surface area (Å²) in [4.78, 5) is 2.55. The van der Waals surface area contributed by atoms with Gasteiger partial charge in [0.05, 0.1) is 0 Å². The molecule has 13 heavy (non-hydrogen) atoms. The molecule has 1 N–H and O–H groups in total. The second kappa shape index (κ2) is 5.40. The van der Waals surface area contributed by atoms with Gasteiger partial charge in [-0.25, -0.2) is 0 Å². The van der Waals surface area contributed by atoms with Crippen LogP contribution in [0.15, 0.2) is 12.7 Å². The predicted molar refractivity (Wildman–Crippen MR) is 57.9 cm³/mol. The van der Waals surface area contributed by atoms with Crippen LogP contribution in [0.4, 0.5) is 0 Å². The van der Waals surface area contributed by atoms with E-state index >= 15 is 0 Å². The zero-order valence-electron chi connectivity index (χ0n) is 8.92. The zero-order valence-corrected chi connectivity index (χ0v) is 8.92. The first-order valence-electron chi connectivity index (χ1n) is 5.38. The van der Waals surface area contributed by atoms with Crippen LogP contribution < -0.4 is 5.32 Å². The molecule has 0 amide bonds. The second-order valence-electron chi connectivity index (χ2n) is 3.79. The molecule has 1 aliphatic rings. The van der Waals surface area contributed by atoms with Crippen LogP contribution in [0.5, 0.6) is 0 Å². The molecule has 1 aliphatic heterocycles. The predicted octanol–water partition coefficient (Wildman–Crippen LogP) is 1.63. The molecule has 0 bridgehead atoms. The highest BCUT2D eigenvalue weighted by molar-refractivity contribution is 4.88. The van der Waals surface area contributed by atoms with E-state index in [1.165, 1.54) is 25.9 Å². The Kier molecular flexibility index (Phi) is 4.46. The molecule has 0 aliphatic carbocycles. The molecule has 2 heteroatoms. The Bertz CT molecular complexity index is 150. The number of nitrogens with zero attached hydrogens (tertiary/aromatic N) is 1. The van der Waals surface area contributed by atoms with Crippen molar-refractivity contribution in [1.82, 2.24) is 10.2 Å². The van der Waals surface area contributed by atoms with Crippen LogP contribution in [0.2, 0.25) is 0 Å². The number of rotatable bonds is 4. The lowest BCUT2D eigenvalue weighted by Crippen LogP contribution is -2.46. The van der Waals surface area contributed by atoms with Gasteiger partial charge >= 0.3 is 0 Å². The lowest BCUT2D eigenvalue weighted by atomic mass is 10.0. The van der Waals surface area contributed by atoms with Crippen LogP contribution in [0, 0.1) is 0 Å². The van der Waals surface area contributed by atoms with Gasteiger partial charge in [0.25, 0.3) is 0 Å². The molecule has 76 valence electrons. The molecule has 0 aromatic heterocycles. The Hall–Kier alpha value is -0.340. The van der Waals surface area contributed by atoms with Crippen LogP contribution in [-0.4, -0.2) is 36.6 Å². The van der Waals surface area contributed by atoms with Crippen LogP contribution in [0.1, 0.15) is 26.7 Å². The highest BCUT2D eigenvalue weighted by Gasteiger charge is 2.21. The second-order valence-corrected chi connectivity index (χ2v) is 3.79. The van der Waals surface area contributed by atoms with Gasteiger partial charge in [-0.2, -0.15) is 0 Å². The van der Waals surface area contributed by atoms with E-state index in [9.17, 15) is 0 Å². The van der Waals surface area contributed by atoms with Crippen molar-refractivity contribution in [3.63, 3.8) is 0 Å². The van der Waals surface area contributed by atoms with E-state index in [4.69, 9.17) is 0 Å². The summed E-state index contributed by atoms with van der Waals surface area (Å²) >= 11 is 0. The van der Waals surface area contributed by atoms with Crippen molar-refractivity contribution in [2.24, 2.45) is 0 Å². The summed E-state index contributed by atoms with van der Waals surface area (Å²) in [5.74, 6) is 0. The topological polar surface area (TPSA) is 15.3 Å². The Morgan fingerprint density at radius 2 is 2.15 bits per heavy atom. The first-order chi connectivity index (χ1) is 6.29. The minimum absolute atomic E-state index is 0.521. The van der Waals surface area contributed by atoms with Crippen molar-refractivity contribution in [3.8, 4) is 0 Å². The van der Waals surface area contributed by atoms with Crippen LogP contribution in [-0.2, 0) is 0 Å². The van der Waals surface area contributed by atoms with Crippen molar-refractivity contribution < 1.29 is 0 Å². The van der Waals surface area contributed by atoms with Gasteiger partial charge < -0.3 is 5.32 Å². The number of nitrogens with one attached hydrogen (secondary N) is 1. The third kappa shape index (κ3) is 2.82. The molecule has 0 aromatic carbocycles. The number of hydrogen-bond donors (Lipinski definition) is 1. The molecule has 1 unspecified atom stereocenters. The molecule has 0 spiro atoms. The van der Waals surface area contributed by atoms with Gasteiger partial charge in [-0.1, -0.05) is 13.0 Å². The Balaban J connectivity index is 2.48. The van der Waals surface area contributed by atoms with Crippen molar-refractivity contribution in [2.75, 3.05) is 19.6 Å². The van der Waals surface area contributed by atoms with Crippen molar-refractivity contribution >= 4 is 0 Å². The van der Waals surface area contributed by atoms with Gasteiger partial charge in [0, 0.05) is 12.1 Å². The fourth-order valence-electron chi connectivity index (χ4n) is 2.15. The van der Waals surface area contributed by atoms with Crippen LogP contribution in [0.25, 0.3) is 0 Å². The minimum atomic E-state index is 0.521. The van der Waals surface area contributed by atoms with Gasteiger partial charge in [0.1, 0.15) is 0 Å². The van der Waals surface area contributed by atoms with Gasteiger partial charge in [-0.3, -0.25) is 4.90 Å². The average molecular weight is 182 g/mol. The third-order valence-electron chi connectivity index (χ3n) is 3.01. The highest BCUT2D eigenvalue weighted by atomic mass is 15.2. The van der Waals surface area contributed by atoms with Gasteiger partial charge in [-0.05, 0) is 39.4 Å². The quantitative estimate of drug-likeness (QED) is 0.665. The fourth-order valence-corrected chi connectivity index (χ4v) is 2.15. The summed E-state index contributed by atoms with van der Waals surface area (Å²) in [6.45, 7) is 11.8. The molecule has 2 nitrogen and oxygen atoms in total. The standard InChI is InChI=1S/C11H22N2/c1-4-10(3)13(5-2)11-6-8-12-9-7-11/h4,10-12H,1,5-9H2,2-3H3. The summed E-state index contributed by atoms with van der Waals surface area (Å²) < 4.78 is 0. The van der Waals surface area contributed by atoms with E-state index in [-0.39, 0.29) is 0 Å². The average Bonchev–Trinajstić information content (AvgIpc) is 2.20. The SMILES string of the molecule is C=CC(C)N(CC)C1CCNCC1. The molecule has 0 aromatic rings. The number of piperidine rings is 1. The molecule has 0 radical (unpaired) electrons. The van der Waals surface area contributed by atoms with E-state index < -0.39 is 0 Å². The third-order valence-corrected chi connectivity index (χ3v) is 3.01. The monoisotopic (exact) mass is 182 g/mol. The Morgan fingerprint density at radius 1 is 1.54 bits per heavy atom. The van der Waals surface area contributed by atoms with Crippen molar-refractivity contribution in [3.05, 3.63) is 12.7 Å². The molecule has 1 fully saturated rings. The molecule has 1 saturated heterocycles. The summed E-state index contributed by atoms with van der Waals surface area (Å²) in [7, 11) is 0. The van der Waals surface area contributed by atoms with Crippen molar-refractivity contribution in [2.45, 2.75) is 38.8 Å². The summed E-state index contributed by atoms with van der Waals surface area (Å²) in [6, 6.07) is 1.28. The first kappa shape index (κ1) is 10.7. The zero-order chi connectivity index (χ0) is 9.68. The maximum atomic E-state index is 3.87. The van der Waals surface area contributed by atoms with E-state index in [1.54, 1.807) is 0 Å². The maximum absolute atomic E-state index is 3.87. The van der Waals surface area contributed by atoms with Crippen LogP contribution in [0.3, 0.4) is 0 Å². The lowest BCUT2D eigenvalue weighted by molar-refractivity contribution is 0.146. The Morgan fingerprint density at radius 3 is 2.62 bits per heavy atom. The van der Waals surface area contributed by atoms with E-state index in [0.29, 0.717) is 6.04 Å². The summed E-state index contributed by atoms with van der Waals surface area (Å²) in [5.41, 5.74) is 0. The van der Waals surface area contributed by atoms with E-state index in [2.05, 4.69) is 30.6 Å². The normalized spacial score (nSPS) is 21.8. The van der Waals surface area contributed by atoms with Gasteiger partial charge in [0.2, 0.25) is 0 Å². The van der Waals surface area contributed by atoms with Gasteiger partial charge in [-0.15, -0.1) is 6.58 Å². The number of likely N-dealkylation sites (N-methyl/N-ethyl adjacent to an activating group) is 1. The largest absolute Gasteiger partial charge is 0.317 e. The van der Waals surface area contributed by atoms with E-state index in [1.807, 2.05) is 6.08 Å². The minimum Gasteiger partial charge on any atom is -0.317 e. The molecule has 0 saturated carbocycles. The maximum Gasteiger partial charge on any atom is 0.0250 e. The molecule has 1 heterocycles. The smallest absolute Gasteiger partial charge is 0.0250 e. The van der Waals surface area contributed by atoms with Gasteiger partial charge in [0.15, 0.2) is 0 Å². The first-order valence-corrected chi connectivity index (χ1v) is 5.38.